The van der Waals surface area contributed by atoms with Crippen LogP contribution in [0.4, 0.5) is 4.39 Å². The molecular weight excluding hydrogens is 133 g/mol. The lowest BCUT2D eigenvalue weighted by molar-refractivity contribution is -0.120. The Bertz CT molecular complexity index is 149. The molecule has 0 unspecified atom stereocenters. The summed E-state index contributed by atoms with van der Waals surface area (Å²) >= 11 is 0. The zero-order valence-electron chi connectivity index (χ0n) is 6.30. The summed E-state index contributed by atoms with van der Waals surface area (Å²) in [5.74, 6) is 0.0719. The molecule has 3 heteroatoms. The molecule has 2 atom stereocenters. The summed E-state index contributed by atoms with van der Waals surface area (Å²) in [5.41, 5.74) is 0. The molecule has 0 aliphatic carbocycles. The molecule has 58 valence electrons. The van der Waals surface area contributed by atoms with Crippen molar-refractivity contribution in [3.63, 3.8) is 0 Å². The van der Waals surface area contributed by atoms with Crippen LogP contribution in [0, 0.1) is 0 Å². The van der Waals surface area contributed by atoms with Crippen LogP contribution in [0.25, 0.3) is 0 Å². The molecule has 1 rings (SSSR count). The van der Waals surface area contributed by atoms with Crippen molar-refractivity contribution in [1.82, 2.24) is 4.90 Å². The predicted molar refractivity (Wildman–Crippen MR) is 36.6 cm³/mol. The van der Waals surface area contributed by atoms with E-state index in [2.05, 4.69) is 0 Å². The first-order valence-electron chi connectivity index (χ1n) is 3.46. The zero-order valence-corrected chi connectivity index (χ0v) is 6.30. The Hall–Kier alpha value is -0.440. The molecular formula is C7H12FNO. The lowest BCUT2D eigenvalue weighted by Crippen LogP contribution is -2.30. The third-order valence-electron chi connectivity index (χ3n) is 1.97. The van der Waals surface area contributed by atoms with E-state index in [-0.39, 0.29) is 11.8 Å². The highest BCUT2D eigenvalue weighted by Gasteiger charge is 2.31. The molecule has 0 radical (unpaired) electrons. The van der Waals surface area contributed by atoms with Gasteiger partial charge in [0, 0.05) is 13.0 Å². The van der Waals surface area contributed by atoms with Crippen molar-refractivity contribution in [2.75, 3.05) is 13.6 Å². The van der Waals surface area contributed by atoms with Crippen molar-refractivity contribution in [2.24, 2.45) is 0 Å². The summed E-state index contributed by atoms with van der Waals surface area (Å²) in [6.45, 7) is 1.92. The number of carbonyl (C=O) groups excluding carboxylic acids is 1. The van der Waals surface area contributed by atoms with Crippen molar-refractivity contribution >= 4 is 5.78 Å². The first-order chi connectivity index (χ1) is 4.61. The molecule has 0 amide bonds. The number of likely N-dealkylation sites (tertiary alicyclic amines) is 1. The fourth-order valence-electron chi connectivity index (χ4n) is 1.41. The van der Waals surface area contributed by atoms with Gasteiger partial charge in [0.1, 0.15) is 12.0 Å². The molecule has 0 bridgehead atoms. The number of rotatable bonds is 1. The van der Waals surface area contributed by atoms with Gasteiger partial charge in [0.15, 0.2) is 0 Å². The van der Waals surface area contributed by atoms with E-state index in [1.54, 1.807) is 11.9 Å². The standard InChI is InChI=1S/C7H12FNO/c1-5(10)7-3-6(8)4-9(7)2/h6-7H,3-4H2,1-2H3/t6-,7-/m0/s1. The number of alkyl halides is 1. The minimum Gasteiger partial charge on any atom is -0.298 e. The van der Waals surface area contributed by atoms with E-state index in [0.29, 0.717) is 13.0 Å². The van der Waals surface area contributed by atoms with Gasteiger partial charge in [-0.25, -0.2) is 4.39 Å². The molecule has 0 spiro atoms. The molecule has 1 aliphatic rings. The smallest absolute Gasteiger partial charge is 0.146 e. The van der Waals surface area contributed by atoms with E-state index in [4.69, 9.17) is 0 Å². The number of ketones is 1. The van der Waals surface area contributed by atoms with Crippen LogP contribution in [0.5, 0.6) is 0 Å². The highest BCUT2D eigenvalue weighted by molar-refractivity contribution is 5.81. The van der Waals surface area contributed by atoms with E-state index in [0.717, 1.165) is 0 Å². The lowest BCUT2D eigenvalue weighted by atomic mass is 10.1. The van der Waals surface area contributed by atoms with Crippen LogP contribution >= 0.6 is 0 Å². The van der Waals surface area contributed by atoms with E-state index < -0.39 is 6.17 Å². The maximum Gasteiger partial charge on any atom is 0.146 e. The Morgan fingerprint density at radius 3 is 2.50 bits per heavy atom. The number of Topliss-reactive ketones (excluding diaryl/α,β-unsaturated/α-hetero) is 1. The molecule has 0 aromatic rings. The second-order valence-corrected chi connectivity index (χ2v) is 2.90. The monoisotopic (exact) mass is 145 g/mol. The van der Waals surface area contributed by atoms with Gasteiger partial charge >= 0.3 is 0 Å². The Morgan fingerprint density at radius 1 is 1.70 bits per heavy atom. The zero-order chi connectivity index (χ0) is 7.72. The van der Waals surface area contributed by atoms with Gasteiger partial charge in [0.25, 0.3) is 0 Å². The summed E-state index contributed by atoms with van der Waals surface area (Å²) in [4.78, 5) is 12.6. The largest absolute Gasteiger partial charge is 0.298 e. The minimum absolute atomic E-state index is 0.0719. The van der Waals surface area contributed by atoms with E-state index in [1.165, 1.54) is 6.92 Å². The quantitative estimate of drug-likeness (QED) is 0.539. The topological polar surface area (TPSA) is 20.3 Å². The summed E-state index contributed by atoms with van der Waals surface area (Å²) in [6, 6.07) is -0.171. The van der Waals surface area contributed by atoms with Gasteiger partial charge in [-0.15, -0.1) is 0 Å². The van der Waals surface area contributed by atoms with Gasteiger partial charge in [-0.3, -0.25) is 9.69 Å². The Labute approximate surface area is 60.0 Å². The van der Waals surface area contributed by atoms with E-state index in [1.807, 2.05) is 0 Å². The number of carbonyl (C=O) groups is 1. The van der Waals surface area contributed by atoms with Crippen molar-refractivity contribution < 1.29 is 9.18 Å². The van der Waals surface area contributed by atoms with Crippen LogP contribution < -0.4 is 0 Å². The molecule has 0 aromatic heterocycles. The maximum atomic E-state index is 12.6. The Morgan fingerprint density at radius 2 is 2.30 bits per heavy atom. The van der Waals surface area contributed by atoms with Crippen LogP contribution in [0.15, 0.2) is 0 Å². The van der Waals surface area contributed by atoms with Crippen molar-refractivity contribution in [2.45, 2.75) is 25.6 Å². The molecule has 1 fully saturated rings. The molecule has 1 heterocycles. The van der Waals surface area contributed by atoms with Crippen LogP contribution in [0.1, 0.15) is 13.3 Å². The highest BCUT2D eigenvalue weighted by atomic mass is 19.1. The number of likely N-dealkylation sites (N-methyl/N-ethyl adjacent to an activating group) is 1. The summed E-state index contributed by atoms with van der Waals surface area (Å²) in [5, 5.41) is 0. The van der Waals surface area contributed by atoms with E-state index >= 15 is 0 Å². The number of hydrogen-bond donors (Lipinski definition) is 0. The first-order valence-corrected chi connectivity index (χ1v) is 3.46. The van der Waals surface area contributed by atoms with E-state index in [9.17, 15) is 9.18 Å². The maximum absolute atomic E-state index is 12.6. The fraction of sp³-hybridized carbons (Fsp3) is 0.857. The average molecular weight is 145 g/mol. The molecule has 0 N–H and O–H groups in total. The third-order valence-corrected chi connectivity index (χ3v) is 1.97. The van der Waals surface area contributed by atoms with Crippen LogP contribution in [0.2, 0.25) is 0 Å². The van der Waals surface area contributed by atoms with Crippen molar-refractivity contribution in [1.29, 1.82) is 0 Å². The predicted octanol–water partition coefficient (Wildman–Crippen LogP) is 0.618. The summed E-state index contributed by atoms with van der Waals surface area (Å²) in [6.07, 6.45) is -0.426. The number of halogens is 1. The average Bonchev–Trinajstić information content (AvgIpc) is 2.10. The van der Waals surface area contributed by atoms with Gasteiger partial charge in [-0.05, 0) is 14.0 Å². The van der Waals surface area contributed by atoms with Gasteiger partial charge in [0.05, 0.1) is 6.04 Å². The molecule has 1 saturated heterocycles. The summed E-state index contributed by atoms with van der Waals surface area (Å²) < 4.78 is 12.6. The SMILES string of the molecule is CC(=O)[C@@H]1C[C@H](F)CN1C. The van der Waals surface area contributed by atoms with Crippen molar-refractivity contribution in [3.05, 3.63) is 0 Å². The Kier molecular flexibility index (Phi) is 2.04. The molecule has 0 aromatic carbocycles. The second-order valence-electron chi connectivity index (χ2n) is 2.90. The number of hydrogen-bond acceptors (Lipinski definition) is 2. The van der Waals surface area contributed by atoms with Gasteiger partial charge in [0.2, 0.25) is 0 Å². The molecule has 10 heavy (non-hydrogen) atoms. The first kappa shape index (κ1) is 7.66. The number of nitrogens with zero attached hydrogens (tertiary/aromatic N) is 1. The third kappa shape index (κ3) is 1.34. The van der Waals surface area contributed by atoms with Crippen LogP contribution in [0.3, 0.4) is 0 Å². The fourth-order valence-corrected chi connectivity index (χ4v) is 1.41. The minimum atomic E-state index is -0.807. The molecule has 2 nitrogen and oxygen atoms in total. The van der Waals surface area contributed by atoms with Crippen molar-refractivity contribution in [3.8, 4) is 0 Å². The van der Waals surface area contributed by atoms with Gasteiger partial charge in [-0.2, -0.15) is 0 Å². The Balaban J connectivity index is 2.54. The highest BCUT2D eigenvalue weighted by Crippen LogP contribution is 2.18. The van der Waals surface area contributed by atoms with Crippen LogP contribution in [-0.4, -0.2) is 36.5 Å². The lowest BCUT2D eigenvalue weighted by Gasteiger charge is -2.14. The van der Waals surface area contributed by atoms with Gasteiger partial charge < -0.3 is 0 Å². The second kappa shape index (κ2) is 2.66. The molecule has 1 aliphatic heterocycles. The van der Waals surface area contributed by atoms with Gasteiger partial charge in [-0.1, -0.05) is 0 Å². The van der Waals surface area contributed by atoms with Crippen LogP contribution in [-0.2, 0) is 4.79 Å². The normalized spacial score (nSPS) is 34.7. The molecule has 0 saturated carbocycles. The summed E-state index contributed by atoms with van der Waals surface area (Å²) in [7, 11) is 1.78.